The topological polar surface area (TPSA) is 26.3 Å². The Morgan fingerprint density at radius 1 is 1.38 bits per heavy atom. The molecule has 13 heavy (non-hydrogen) atoms. The molecule has 1 aliphatic heterocycles. The Balaban J connectivity index is 2.02. The fraction of sp³-hybridized carbons (Fsp3) is 0.545. The molecule has 1 aliphatic carbocycles. The van der Waals surface area contributed by atoms with E-state index in [4.69, 9.17) is 4.74 Å². The molecule has 0 aromatic rings. The van der Waals surface area contributed by atoms with E-state index in [0.717, 1.165) is 25.0 Å². The van der Waals surface area contributed by atoms with E-state index in [-0.39, 0.29) is 11.9 Å². The number of hydrogen-bond acceptors (Lipinski definition) is 2. The van der Waals surface area contributed by atoms with Gasteiger partial charge in [0.2, 0.25) is 0 Å². The summed E-state index contributed by atoms with van der Waals surface area (Å²) < 4.78 is 5.61. The zero-order valence-electron chi connectivity index (χ0n) is 7.66. The quantitative estimate of drug-likeness (QED) is 0.614. The highest BCUT2D eigenvalue weighted by molar-refractivity contribution is 5.93. The molecule has 0 spiro atoms. The molecule has 1 saturated heterocycles. The second-order valence-electron chi connectivity index (χ2n) is 3.60. The van der Waals surface area contributed by atoms with Crippen LogP contribution in [0.5, 0.6) is 0 Å². The summed E-state index contributed by atoms with van der Waals surface area (Å²) >= 11 is 0. The van der Waals surface area contributed by atoms with Crippen molar-refractivity contribution < 1.29 is 9.53 Å². The minimum Gasteiger partial charge on any atom is -0.374 e. The van der Waals surface area contributed by atoms with Gasteiger partial charge >= 0.3 is 0 Å². The molecule has 2 nitrogen and oxygen atoms in total. The van der Waals surface area contributed by atoms with Crippen molar-refractivity contribution in [2.24, 2.45) is 0 Å². The van der Waals surface area contributed by atoms with Crippen molar-refractivity contribution in [3.63, 3.8) is 0 Å². The molecule has 2 aliphatic rings. The van der Waals surface area contributed by atoms with Crippen LogP contribution in [0.4, 0.5) is 0 Å². The van der Waals surface area contributed by atoms with Gasteiger partial charge in [0.15, 0.2) is 5.78 Å². The number of carbonyl (C=O) groups excluding carboxylic acids is 1. The highest BCUT2D eigenvalue weighted by Crippen LogP contribution is 2.23. The number of allylic oxidation sites excluding steroid dienone is 3. The van der Waals surface area contributed by atoms with Crippen molar-refractivity contribution in [1.82, 2.24) is 0 Å². The number of ketones is 1. The van der Waals surface area contributed by atoms with Crippen LogP contribution in [0.1, 0.15) is 25.7 Å². The van der Waals surface area contributed by atoms with Gasteiger partial charge in [-0.05, 0) is 30.9 Å². The summed E-state index contributed by atoms with van der Waals surface area (Å²) in [5.41, 5.74) is 1.16. The fourth-order valence-electron chi connectivity index (χ4n) is 1.85. The third-order valence-electron chi connectivity index (χ3n) is 2.56. The van der Waals surface area contributed by atoms with Gasteiger partial charge in [0, 0.05) is 13.0 Å². The number of carbonyl (C=O) groups is 1. The smallest absolute Gasteiger partial charge is 0.159 e. The van der Waals surface area contributed by atoms with Crippen LogP contribution in [0, 0.1) is 0 Å². The molecule has 2 heteroatoms. The number of hydrogen-bond donors (Lipinski definition) is 0. The van der Waals surface area contributed by atoms with Crippen molar-refractivity contribution in [3.05, 3.63) is 23.8 Å². The maximum Gasteiger partial charge on any atom is 0.159 e. The largest absolute Gasteiger partial charge is 0.374 e. The first-order chi connectivity index (χ1) is 6.36. The predicted molar refractivity (Wildman–Crippen MR) is 50.4 cm³/mol. The second-order valence-corrected chi connectivity index (χ2v) is 3.60. The standard InChI is InChI=1S/C11H14O2/c12-10-5-3-4-9(8-10)11-6-1-2-7-13-11/h3-5,11H,1-2,6-8H2. The van der Waals surface area contributed by atoms with E-state index < -0.39 is 0 Å². The summed E-state index contributed by atoms with van der Waals surface area (Å²) in [7, 11) is 0. The van der Waals surface area contributed by atoms with Gasteiger partial charge in [-0.1, -0.05) is 12.2 Å². The highest BCUT2D eigenvalue weighted by atomic mass is 16.5. The minimum absolute atomic E-state index is 0.201. The average Bonchev–Trinajstić information content (AvgIpc) is 2.19. The van der Waals surface area contributed by atoms with Crippen molar-refractivity contribution in [2.75, 3.05) is 6.61 Å². The Morgan fingerprint density at radius 3 is 3.00 bits per heavy atom. The zero-order chi connectivity index (χ0) is 9.10. The molecule has 1 atom stereocenters. The SMILES string of the molecule is O=C1C=CC=C(C2CCCCO2)C1. The van der Waals surface area contributed by atoms with E-state index in [1.54, 1.807) is 6.08 Å². The molecule has 0 amide bonds. The van der Waals surface area contributed by atoms with Crippen LogP contribution in [0.3, 0.4) is 0 Å². The lowest BCUT2D eigenvalue weighted by atomic mass is 9.94. The Bertz CT molecular complexity index is 257. The highest BCUT2D eigenvalue weighted by Gasteiger charge is 2.20. The van der Waals surface area contributed by atoms with Gasteiger partial charge in [0.1, 0.15) is 0 Å². The summed E-state index contributed by atoms with van der Waals surface area (Å²) in [6.07, 6.45) is 9.72. The lowest BCUT2D eigenvalue weighted by Gasteiger charge is -2.25. The van der Waals surface area contributed by atoms with Gasteiger partial charge in [0.05, 0.1) is 6.10 Å². The Labute approximate surface area is 78.3 Å². The number of rotatable bonds is 1. The third-order valence-corrected chi connectivity index (χ3v) is 2.56. The first-order valence-electron chi connectivity index (χ1n) is 4.88. The molecular formula is C11H14O2. The first kappa shape index (κ1) is 8.70. The molecule has 2 rings (SSSR count). The van der Waals surface area contributed by atoms with Gasteiger partial charge in [-0.25, -0.2) is 0 Å². The van der Waals surface area contributed by atoms with Crippen LogP contribution in [0.25, 0.3) is 0 Å². The monoisotopic (exact) mass is 178 g/mol. The Morgan fingerprint density at radius 2 is 2.31 bits per heavy atom. The normalized spacial score (nSPS) is 28.8. The van der Waals surface area contributed by atoms with E-state index >= 15 is 0 Å². The van der Waals surface area contributed by atoms with Crippen LogP contribution in [0.15, 0.2) is 23.8 Å². The zero-order valence-corrected chi connectivity index (χ0v) is 7.66. The summed E-state index contributed by atoms with van der Waals surface area (Å²) in [4.78, 5) is 11.1. The number of ether oxygens (including phenoxy) is 1. The summed E-state index contributed by atoms with van der Waals surface area (Å²) in [5, 5.41) is 0. The molecule has 0 radical (unpaired) electrons. The van der Waals surface area contributed by atoms with Crippen LogP contribution in [-0.2, 0) is 9.53 Å². The molecule has 0 aromatic heterocycles. The molecule has 1 unspecified atom stereocenters. The van der Waals surface area contributed by atoms with Crippen molar-refractivity contribution in [3.8, 4) is 0 Å². The van der Waals surface area contributed by atoms with Gasteiger partial charge in [-0.15, -0.1) is 0 Å². The van der Waals surface area contributed by atoms with Gasteiger partial charge in [0.25, 0.3) is 0 Å². The summed E-state index contributed by atoms with van der Waals surface area (Å²) in [6.45, 7) is 0.847. The van der Waals surface area contributed by atoms with Crippen LogP contribution >= 0.6 is 0 Å². The van der Waals surface area contributed by atoms with Crippen molar-refractivity contribution in [2.45, 2.75) is 31.8 Å². The Kier molecular flexibility index (Phi) is 2.60. The fourth-order valence-corrected chi connectivity index (χ4v) is 1.85. The second kappa shape index (κ2) is 3.88. The van der Waals surface area contributed by atoms with E-state index in [1.165, 1.54) is 6.42 Å². The van der Waals surface area contributed by atoms with Crippen molar-refractivity contribution in [1.29, 1.82) is 0 Å². The maximum absolute atomic E-state index is 11.1. The van der Waals surface area contributed by atoms with Crippen molar-refractivity contribution >= 4 is 5.78 Å². The lowest BCUT2D eigenvalue weighted by molar-refractivity contribution is -0.114. The molecule has 0 bridgehead atoms. The summed E-state index contributed by atoms with van der Waals surface area (Å²) in [6, 6.07) is 0. The maximum atomic E-state index is 11.1. The lowest BCUT2D eigenvalue weighted by Crippen LogP contribution is -2.23. The predicted octanol–water partition coefficient (Wildman–Crippen LogP) is 2.01. The minimum atomic E-state index is 0.201. The average molecular weight is 178 g/mol. The summed E-state index contributed by atoms with van der Waals surface area (Å²) in [5.74, 6) is 0.201. The Hall–Kier alpha value is -0.890. The van der Waals surface area contributed by atoms with Crippen LogP contribution in [0.2, 0.25) is 0 Å². The van der Waals surface area contributed by atoms with E-state index in [2.05, 4.69) is 0 Å². The molecule has 0 saturated carbocycles. The molecular weight excluding hydrogens is 164 g/mol. The molecule has 70 valence electrons. The van der Waals surface area contributed by atoms with E-state index in [0.29, 0.717) is 6.42 Å². The molecule has 1 heterocycles. The van der Waals surface area contributed by atoms with E-state index in [9.17, 15) is 4.79 Å². The van der Waals surface area contributed by atoms with Crippen LogP contribution in [-0.4, -0.2) is 18.5 Å². The molecule has 0 aromatic carbocycles. The molecule has 0 N–H and O–H groups in total. The van der Waals surface area contributed by atoms with Gasteiger partial charge < -0.3 is 4.74 Å². The van der Waals surface area contributed by atoms with E-state index in [1.807, 2.05) is 12.2 Å². The third kappa shape index (κ3) is 2.07. The van der Waals surface area contributed by atoms with Gasteiger partial charge in [-0.2, -0.15) is 0 Å². The van der Waals surface area contributed by atoms with Crippen LogP contribution < -0.4 is 0 Å². The first-order valence-corrected chi connectivity index (χ1v) is 4.88. The molecule has 1 fully saturated rings. The van der Waals surface area contributed by atoms with Gasteiger partial charge in [-0.3, -0.25) is 4.79 Å².